The Labute approximate surface area is 66.4 Å². The van der Waals surface area contributed by atoms with Gasteiger partial charge in [0.15, 0.2) is 0 Å². The minimum absolute atomic E-state index is 0.0388. The summed E-state index contributed by atoms with van der Waals surface area (Å²) in [5, 5.41) is 0. The Morgan fingerprint density at radius 2 is 2.09 bits per heavy atom. The van der Waals surface area contributed by atoms with Gasteiger partial charge in [-0.1, -0.05) is 13.8 Å². The summed E-state index contributed by atoms with van der Waals surface area (Å²) >= 11 is 0. The number of halogens is 2. The first kappa shape index (κ1) is 8.91. The van der Waals surface area contributed by atoms with Gasteiger partial charge >= 0.3 is 0 Å². The second kappa shape index (κ2) is 3.48. The quantitative estimate of drug-likeness (QED) is 0.615. The zero-order chi connectivity index (χ0) is 8.43. The van der Waals surface area contributed by atoms with Crippen molar-refractivity contribution in [3.8, 4) is 0 Å². The fraction of sp³-hybridized carbons (Fsp3) is 1.00. The van der Waals surface area contributed by atoms with E-state index in [1.54, 1.807) is 0 Å². The predicted molar refractivity (Wildman–Crippen MR) is 40.8 cm³/mol. The fourth-order valence-electron chi connectivity index (χ4n) is 1.62. The number of rotatable bonds is 3. The van der Waals surface area contributed by atoms with Crippen LogP contribution in [0.2, 0.25) is 0 Å². The van der Waals surface area contributed by atoms with Crippen LogP contribution in [-0.4, -0.2) is 30.5 Å². The van der Waals surface area contributed by atoms with Gasteiger partial charge in [0, 0.05) is 12.6 Å². The van der Waals surface area contributed by atoms with Crippen LogP contribution in [0.25, 0.3) is 0 Å². The molecule has 0 aromatic heterocycles. The van der Waals surface area contributed by atoms with Crippen LogP contribution in [-0.2, 0) is 0 Å². The van der Waals surface area contributed by atoms with E-state index in [9.17, 15) is 8.78 Å². The Morgan fingerprint density at radius 1 is 1.45 bits per heavy atom. The fourth-order valence-corrected chi connectivity index (χ4v) is 1.62. The molecule has 0 radical (unpaired) electrons. The molecule has 1 nitrogen and oxygen atoms in total. The third kappa shape index (κ3) is 2.12. The van der Waals surface area contributed by atoms with Crippen molar-refractivity contribution in [3.05, 3.63) is 0 Å². The molecule has 1 aliphatic heterocycles. The van der Waals surface area contributed by atoms with E-state index in [1.165, 1.54) is 0 Å². The molecule has 0 amide bonds. The van der Waals surface area contributed by atoms with Crippen LogP contribution >= 0.6 is 0 Å². The summed E-state index contributed by atoms with van der Waals surface area (Å²) < 4.78 is 23.8. The molecule has 1 rings (SSSR count). The van der Waals surface area contributed by atoms with Crippen molar-refractivity contribution in [2.24, 2.45) is 5.92 Å². The Kier molecular flexibility index (Phi) is 2.82. The van der Waals surface area contributed by atoms with E-state index in [0.29, 0.717) is 12.0 Å². The molecule has 11 heavy (non-hydrogen) atoms. The highest BCUT2D eigenvalue weighted by molar-refractivity contribution is 4.84. The first-order valence-electron chi connectivity index (χ1n) is 4.13. The summed E-state index contributed by atoms with van der Waals surface area (Å²) in [4.78, 5) is 1.87. The number of hydrogen-bond acceptors (Lipinski definition) is 1. The van der Waals surface area contributed by atoms with Gasteiger partial charge in [-0.3, -0.25) is 4.90 Å². The van der Waals surface area contributed by atoms with E-state index in [-0.39, 0.29) is 6.54 Å². The number of nitrogens with zero attached hydrogens (tertiary/aromatic N) is 1. The SMILES string of the molecule is CC(C)C1CCN1CC(F)F. The van der Waals surface area contributed by atoms with Crippen molar-refractivity contribution in [1.82, 2.24) is 4.90 Å². The van der Waals surface area contributed by atoms with Gasteiger partial charge in [-0.15, -0.1) is 0 Å². The maximum Gasteiger partial charge on any atom is 0.251 e. The highest BCUT2D eigenvalue weighted by atomic mass is 19.3. The van der Waals surface area contributed by atoms with Crippen molar-refractivity contribution in [1.29, 1.82) is 0 Å². The van der Waals surface area contributed by atoms with Gasteiger partial charge in [-0.25, -0.2) is 8.78 Å². The Hall–Kier alpha value is -0.180. The molecular weight excluding hydrogens is 148 g/mol. The van der Waals surface area contributed by atoms with Gasteiger partial charge in [-0.2, -0.15) is 0 Å². The van der Waals surface area contributed by atoms with Gasteiger partial charge in [-0.05, 0) is 12.3 Å². The third-order valence-electron chi connectivity index (χ3n) is 2.32. The van der Waals surface area contributed by atoms with Crippen LogP contribution in [0.3, 0.4) is 0 Å². The zero-order valence-electron chi connectivity index (χ0n) is 7.06. The molecule has 0 N–H and O–H groups in total. The van der Waals surface area contributed by atoms with Gasteiger partial charge in [0.2, 0.25) is 0 Å². The lowest BCUT2D eigenvalue weighted by Crippen LogP contribution is -2.52. The van der Waals surface area contributed by atoms with E-state index in [0.717, 1.165) is 13.0 Å². The molecule has 0 aliphatic carbocycles. The van der Waals surface area contributed by atoms with Gasteiger partial charge in [0.05, 0.1) is 6.54 Å². The monoisotopic (exact) mass is 163 g/mol. The summed E-state index contributed by atoms with van der Waals surface area (Å²) in [7, 11) is 0. The lowest BCUT2D eigenvalue weighted by Gasteiger charge is -2.43. The van der Waals surface area contributed by atoms with Crippen molar-refractivity contribution in [2.45, 2.75) is 32.7 Å². The second-order valence-electron chi connectivity index (χ2n) is 3.49. The molecule has 0 aromatic rings. The van der Waals surface area contributed by atoms with E-state index in [1.807, 2.05) is 4.90 Å². The average Bonchev–Trinajstić information content (AvgIpc) is 1.78. The summed E-state index contributed by atoms with van der Waals surface area (Å²) in [6.07, 6.45) is -1.08. The molecular formula is C8H15F2N. The molecule has 0 saturated carbocycles. The van der Waals surface area contributed by atoms with Crippen LogP contribution < -0.4 is 0 Å². The predicted octanol–water partition coefficient (Wildman–Crippen LogP) is 1.98. The normalized spacial score (nSPS) is 26.2. The van der Waals surface area contributed by atoms with E-state index in [2.05, 4.69) is 13.8 Å². The Balaban J connectivity index is 2.26. The molecule has 0 bridgehead atoms. The zero-order valence-corrected chi connectivity index (χ0v) is 7.06. The average molecular weight is 163 g/mol. The number of alkyl halides is 2. The molecule has 66 valence electrons. The van der Waals surface area contributed by atoms with Crippen LogP contribution in [0.1, 0.15) is 20.3 Å². The van der Waals surface area contributed by atoms with Crippen molar-refractivity contribution in [2.75, 3.05) is 13.1 Å². The smallest absolute Gasteiger partial charge is 0.251 e. The highest BCUT2D eigenvalue weighted by Gasteiger charge is 2.31. The largest absolute Gasteiger partial charge is 0.294 e. The minimum atomic E-state index is -2.17. The van der Waals surface area contributed by atoms with Gasteiger partial charge in [0.25, 0.3) is 6.43 Å². The van der Waals surface area contributed by atoms with Crippen LogP contribution in [0, 0.1) is 5.92 Å². The van der Waals surface area contributed by atoms with Crippen LogP contribution in [0.5, 0.6) is 0 Å². The molecule has 1 fully saturated rings. The summed E-state index contributed by atoms with van der Waals surface area (Å²) in [6.45, 7) is 4.99. The molecule has 1 heterocycles. The third-order valence-corrected chi connectivity index (χ3v) is 2.32. The van der Waals surface area contributed by atoms with Gasteiger partial charge < -0.3 is 0 Å². The maximum atomic E-state index is 11.9. The lowest BCUT2D eigenvalue weighted by atomic mass is 9.92. The van der Waals surface area contributed by atoms with E-state index >= 15 is 0 Å². The van der Waals surface area contributed by atoms with E-state index < -0.39 is 6.43 Å². The van der Waals surface area contributed by atoms with Crippen LogP contribution in [0.15, 0.2) is 0 Å². The van der Waals surface area contributed by atoms with Crippen molar-refractivity contribution >= 4 is 0 Å². The lowest BCUT2D eigenvalue weighted by molar-refractivity contribution is -0.00191. The molecule has 3 heteroatoms. The highest BCUT2D eigenvalue weighted by Crippen LogP contribution is 2.24. The number of hydrogen-bond donors (Lipinski definition) is 0. The van der Waals surface area contributed by atoms with Gasteiger partial charge in [0.1, 0.15) is 0 Å². The van der Waals surface area contributed by atoms with Crippen molar-refractivity contribution in [3.63, 3.8) is 0 Å². The molecule has 0 aromatic carbocycles. The Bertz CT molecular complexity index is 125. The molecule has 0 spiro atoms. The Morgan fingerprint density at radius 3 is 2.36 bits per heavy atom. The topological polar surface area (TPSA) is 3.24 Å². The first-order chi connectivity index (χ1) is 5.11. The van der Waals surface area contributed by atoms with E-state index in [4.69, 9.17) is 0 Å². The summed E-state index contributed by atoms with van der Waals surface area (Å²) in [5.41, 5.74) is 0. The summed E-state index contributed by atoms with van der Waals surface area (Å²) in [5.74, 6) is 0.516. The minimum Gasteiger partial charge on any atom is -0.294 e. The number of likely N-dealkylation sites (tertiary alicyclic amines) is 1. The maximum absolute atomic E-state index is 11.9. The summed E-state index contributed by atoms with van der Waals surface area (Å²) in [6, 6.07) is 0.406. The molecule has 1 saturated heterocycles. The van der Waals surface area contributed by atoms with Crippen LogP contribution in [0.4, 0.5) is 8.78 Å². The molecule has 1 atom stereocenters. The standard InChI is InChI=1S/C8H15F2N/c1-6(2)7-3-4-11(7)5-8(9)10/h6-8H,3-5H2,1-2H3. The van der Waals surface area contributed by atoms with Crippen molar-refractivity contribution < 1.29 is 8.78 Å². The first-order valence-corrected chi connectivity index (χ1v) is 4.13. The second-order valence-corrected chi connectivity index (χ2v) is 3.49. The molecule has 1 unspecified atom stereocenters. The molecule has 1 aliphatic rings.